The Balaban J connectivity index is 3.31. The predicted molar refractivity (Wildman–Crippen MR) is 200 cm³/mol. The van der Waals surface area contributed by atoms with Crippen LogP contribution in [0.15, 0.2) is 18.2 Å². The van der Waals surface area contributed by atoms with Crippen molar-refractivity contribution in [1.29, 1.82) is 0 Å². The molecule has 0 unspecified atom stereocenters. The van der Waals surface area contributed by atoms with E-state index in [-0.39, 0.29) is 0 Å². The van der Waals surface area contributed by atoms with E-state index in [1.165, 1.54) is 16.8 Å². The summed E-state index contributed by atoms with van der Waals surface area (Å²) in [6.07, 6.45) is 6.51. The number of rotatable bonds is 25. The fourth-order valence-electron chi connectivity index (χ4n) is 5.81. The van der Waals surface area contributed by atoms with Gasteiger partial charge in [-0.25, -0.2) is 0 Å². The Morgan fingerprint density at radius 1 is 0.581 bits per heavy atom. The van der Waals surface area contributed by atoms with E-state index in [9.17, 15) is 0 Å². The van der Waals surface area contributed by atoms with Crippen LogP contribution in [0.25, 0.3) is 0 Å². The summed E-state index contributed by atoms with van der Waals surface area (Å²) in [7, 11) is -7.55. The van der Waals surface area contributed by atoms with Crippen LogP contribution in [-0.2, 0) is 30.5 Å². The van der Waals surface area contributed by atoms with Crippen LogP contribution in [0.4, 0.5) is 5.69 Å². The molecule has 1 aromatic carbocycles. The Hall–Kier alpha value is 0.308. The molecule has 5 nitrogen and oxygen atoms in total. The smallest absolute Gasteiger partial charge is 0.334 e. The third kappa shape index (κ3) is 18.3. The molecule has 1 aromatic rings. The lowest BCUT2D eigenvalue weighted by Gasteiger charge is -2.32. The molecular formula is C32H65Cl2NO4Si4. The zero-order valence-electron chi connectivity index (χ0n) is 29.4. The molecule has 0 fully saturated rings. The molecule has 0 heterocycles. The molecule has 0 aromatic heterocycles. The number of hydrogen-bond acceptors (Lipinski definition) is 5. The lowest BCUT2D eigenvalue weighted by molar-refractivity contribution is 0.188. The van der Waals surface area contributed by atoms with E-state index in [4.69, 9.17) is 39.9 Å². The van der Waals surface area contributed by atoms with E-state index in [0.717, 1.165) is 75.8 Å². The highest BCUT2D eigenvalue weighted by Crippen LogP contribution is 2.30. The van der Waals surface area contributed by atoms with E-state index in [1.54, 1.807) is 0 Å². The molecule has 0 saturated heterocycles. The zero-order valence-corrected chi connectivity index (χ0v) is 34.9. The van der Waals surface area contributed by atoms with Crippen LogP contribution in [0.2, 0.25) is 63.5 Å². The normalized spacial score (nSPS) is 13.1. The SMILES string of the molecule is CCO[Si](C)(CCCN(CCC[Si](C)(OCC)OCC)c1cc(CCC[Si](C)(C)Cl)ccc1CCC[Si](C)(C)Cl)OCC. The summed E-state index contributed by atoms with van der Waals surface area (Å²) in [5.74, 6) is 0. The van der Waals surface area contributed by atoms with Crippen molar-refractivity contribution in [2.45, 2.75) is 130 Å². The van der Waals surface area contributed by atoms with Gasteiger partial charge in [0.05, 0.1) is 0 Å². The van der Waals surface area contributed by atoms with Gasteiger partial charge in [-0.15, -0.1) is 0 Å². The second-order valence-corrected chi connectivity index (χ2v) is 34.0. The fourth-order valence-corrected chi connectivity index (χ4v) is 13.4. The van der Waals surface area contributed by atoms with E-state index >= 15 is 0 Å². The summed E-state index contributed by atoms with van der Waals surface area (Å²) in [5.41, 5.74) is 4.24. The molecule has 0 atom stereocenters. The van der Waals surface area contributed by atoms with Gasteiger partial charge in [0, 0.05) is 45.2 Å². The summed E-state index contributed by atoms with van der Waals surface area (Å²) in [4.78, 5) is 2.64. The monoisotopic (exact) mass is 709 g/mol. The van der Waals surface area contributed by atoms with Crippen molar-refractivity contribution in [1.82, 2.24) is 0 Å². The first-order valence-corrected chi connectivity index (χ1v) is 30.4. The average Bonchev–Trinajstić information content (AvgIpc) is 2.87. The second kappa shape index (κ2) is 20.5. The van der Waals surface area contributed by atoms with Crippen LogP contribution < -0.4 is 4.90 Å². The van der Waals surface area contributed by atoms with Crippen LogP contribution in [0.3, 0.4) is 0 Å². The van der Waals surface area contributed by atoms with Gasteiger partial charge >= 0.3 is 17.1 Å². The maximum absolute atomic E-state index is 6.73. The summed E-state index contributed by atoms with van der Waals surface area (Å²) < 4.78 is 24.8. The lowest BCUT2D eigenvalue weighted by Crippen LogP contribution is -2.41. The lowest BCUT2D eigenvalue weighted by atomic mass is 10.0. The molecule has 0 bridgehead atoms. The fraction of sp³-hybridized carbons (Fsp3) is 0.812. The van der Waals surface area contributed by atoms with Gasteiger partial charge in [0.15, 0.2) is 14.8 Å². The Labute approximate surface area is 279 Å². The minimum absolute atomic E-state index is 0.707. The van der Waals surface area contributed by atoms with Gasteiger partial charge in [0.1, 0.15) is 0 Å². The molecule has 0 spiro atoms. The van der Waals surface area contributed by atoms with Crippen molar-refractivity contribution in [3.05, 3.63) is 29.3 Å². The maximum Gasteiger partial charge on any atom is 0.334 e. The van der Waals surface area contributed by atoms with Gasteiger partial charge in [0.25, 0.3) is 0 Å². The van der Waals surface area contributed by atoms with E-state index < -0.39 is 31.9 Å². The first-order valence-electron chi connectivity index (χ1n) is 16.9. The van der Waals surface area contributed by atoms with Gasteiger partial charge in [-0.2, -0.15) is 22.2 Å². The van der Waals surface area contributed by atoms with Gasteiger partial charge in [0.2, 0.25) is 0 Å². The minimum Gasteiger partial charge on any atom is -0.395 e. The molecule has 0 aliphatic heterocycles. The highest BCUT2D eigenvalue weighted by atomic mass is 35.6. The second-order valence-electron chi connectivity index (χ2n) is 13.3. The molecule has 0 amide bonds. The van der Waals surface area contributed by atoms with Crippen LogP contribution >= 0.6 is 22.2 Å². The van der Waals surface area contributed by atoms with Crippen LogP contribution in [0.1, 0.15) is 64.5 Å². The molecule has 0 aliphatic rings. The number of benzene rings is 1. The summed E-state index contributed by atoms with van der Waals surface area (Å²) in [5, 5.41) is 0. The third-order valence-electron chi connectivity index (χ3n) is 7.86. The standard InChI is InChI=1S/C32H65Cl2NO4Si4/c1-11-36-42(9,37-12-2)27-17-23-35(24-18-28-43(10,38-13-3)39-14-4)32-29-30(19-15-25-40(5,6)33)21-22-31(32)20-16-26-41(7,8)34/h21-22,29H,11-20,23-28H2,1-10H3. The van der Waals surface area contributed by atoms with Gasteiger partial charge < -0.3 is 22.6 Å². The number of anilines is 1. The summed E-state index contributed by atoms with van der Waals surface area (Å²) in [6, 6.07) is 11.5. The summed E-state index contributed by atoms with van der Waals surface area (Å²) in [6.45, 7) is 26.5. The topological polar surface area (TPSA) is 40.2 Å². The van der Waals surface area contributed by atoms with Crippen LogP contribution in [0, 0.1) is 0 Å². The first kappa shape index (κ1) is 41.3. The highest BCUT2D eigenvalue weighted by molar-refractivity contribution is 7.19. The first-order chi connectivity index (χ1) is 20.1. The minimum atomic E-state index is -2.18. The maximum atomic E-state index is 6.73. The van der Waals surface area contributed by atoms with Crippen molar-refractivity contribution < 1.29 is 17.7 Å². The predicted octanol–water partition coefficient (Wildman–Crippen LogP) is 10.3. The van der Waals surface area contributed by atoms with E-state index in [2.05, 4.69) is 90.1 Å². The molecule has 0 aliphatic carbocycles. The molecule has 0 N–H and O–H groups in total. The number of aryl methyl sites for hydroxylation is 2. The largest absolute Gasteiger partial charge is 0.395 e. The highest BCUT2D eigenvalue weighted by Gasteiger charge is 2.32. The van der Waals surface area contributed by atoms with Crippen molar-refractivity contribution in [2.75, 3.05) is 44.4 Å². The quantitative estimate of drug-likeness (QED) is 0.0746. The average molecular weight is 711 g/mol. The van der Waals surface area contributed by atoms with Crippen molar-refractivity contribution in [3.63, 3.8) is 0 Å². The Morgan fingerprint density at radius 2 is 1.00 bits per heavy atom. The van der Waals surface area contributed by atoms with E-state index in [0.29, 0.717) is 26.4 Å². The van der Waals surface area contributed by atoms with Crippen molar-refractivity contribution in [2.24, 2.45) is 0 Å². The molecule has 43 heavy (non-hydrogen) atoms. The molecule has 11 heteroatoms. The van der Waals surface area contributed by atoms with Crippen LogP contribution in [-0.4, -0.2) is 71.4 Å². The van der Waals surface area contributed by atoms with Gasteiger partial charge in [-0.1, -0.05) is 51.2 Å². The Bertz CT molecular complexity index is 859. The van der Waals surface area contributed by atoms with E-state index in [1.807, 2.05) is 0 Å². The molecule has 0 saturated carbocycles. The van der Waals surface area contributed by atoms with Crippen LogP contribution in [0.5, 0.6) is 0 Å². The molecule has 1 rings (SSSR count). The third-order valence-corrected chi connectivity index (χ3v) is 18.2. The Kier molecular flexibility index (Phi) is 19.7. The van der Waals surface area contributed by atoms with Crippen molar-refractivity contribution >= 4 is 59.7 Å². The zero-order chi connectivity index (χ0) is 32.6. The number of hydrogen-bond donors (Lipinski definition) is 0. The molecule has 0 radical (unpaired) electrons. The van der Waals surface area contributed by atoms with Gasteiger partial charge in [-0.3, -0.25) is 0 Å². The summed E-state index contributed by atoms with van der Waals surface area (Å²) >= 11 is 13.4. The number of halogens is 2. The van der Waals surface area contributed by atoms with Crippen molar-refractivity contribution in [3.8, 4) is 0 Å². The van der Waals surface area contributed by atoms with Gasteiger partial charge in [-0.05, 0) is 108 Å². The molecular weight excluding hydrogens is 646 g/mol. The number of nitrogens with zero attached hydrogens (tertiary/aromatic N) is 1. The molecule has 252 valence electrons. The Morgan fingerprint density at radius 3 is 1.40 bits per heavy atom.